The van der Waals surface area contributed by atoms with Gasteiger partial charge in [-0.05, 0) is 43.5 Å². The largest absolute Gasteiger partial charge is 0.496 e. The van der Waals surface area contributed by atoms with Crippen LogP contribution in [-0.2, 0) is 24.4 Å². The first-order valence-corrected chi connectivity index (χ1v) is 14.1. The maximum atomic E-state index is 14.2. The van der Waals surface area contributed by atoms with Gasteiger partial charge in [-0.25, -0.2) is 0 Å². The van der Waals surface area contributed by atoms with E-state index in [9.17, 15) is 9.59 Å². The standard InChI is InChI=1S/C33H36N4O3/c1-33(32(39)34-21-26-13-7-9-15-30(26)40-2)23-36-28-14-8-6-12-25(28)20-29(36)31(38)37(33)27-16-18-35(19-17-27)22-24-10-4-3-5-11-24/h3-15,20,27H,16-19,21-23H2,1-2H3,(H,34,39)/t33-/m0/s1. The molecule has 1 atom stereocenters. The molecule has 0 aliphatic carbocycles. The number of nitrogens with one attached hydrogen (secondary N) is 1. The number of para-hydroxylation sites is 2. The maximum Gasteiger partial charge on any atom is 0.271 e. The normalized spacial score (nSPS) is 19.9. The van der Waals surface area contributed by atoms with Crippen LogP contribution in [0.5, 0.6) is 5.75 Å². The highest BCUT2D eigenvalue weighted by Crippen LogP contribution is 2.36. The van der Waals surface area contributed by atoms with Crippen LogP contribution in [0.1, 0.15) is 41.4 Å². The second kappa shape index (κ2) is 10.8. The summed E-state index contributed by atoms with van der Waals surface area (Å²) in [6, 6.07) is 28.1. The summed E-state index contributed by atoms with van der Waals surface area (Å²) in [7, 11) is 1.63. The monoisotopic (exact) mass is 536 g/mol. The van der Waals surface area contributed by atoms with Crippen LogP contribution in [-0.4, -0.2) is 58.0 Å². The van der Waals surface area contributed by atoms with Gasteiger partial charge in [-0.2, -0.15) is 0 Å². The summed E-state index contributed by atoms with van der Waals surface area (Å²) in [4.78, 5) is 32.7. The van der Waals surface area contributed by atoms with Crippen molar-refractivity contribution in [1.82, 2.24) is 19.7 Å². The summed E-state index contributed by atoms with van der Waals surface area (Å²) < 4.78 is 7.52. The fraction of sp³-hybridized carbons (Fsp3) is 0.333. The predicted molar refractivity (Wildman–Crippen MR) is 156 cm³/mol. The SMILES string of the molecule is COc1ccccc1CNC(=O)[C@]1(C)Cn2c(cc3ccccc32)C(=O)N1C1CCN(Cc2ccccc2)CC1. The number of benzene rings is 3. The van der Waals surface area contributed by atoms with Crippen molar-refractivity contribution >= 4 is 22.7 Å². The number of nitrogens with zero attached hydrogens (tertiary/aromatic N) is 3. The fourth-order valence-electron chi connectivity index (χ4n) is 6.43. The number of amides is 2. The smallest absolute Gasteiger partial charge is 0.271 e. The number of likely N-dealkylation sites (tertiary alicyclic amines) is 1. The summed E-state index contributed by atoms with van der Waals surface area (Å²) in [6.07, 6.45) is 1.66. The molecule has 206 valence electrons. The Hall–Kier alpha value is -4.10. The van der Waals surface area contributed by atoms with Crippen molar-refractivity contribution in [3.8, 4) is 5.75 Å². The summed E-state index contributed by atoms with van der Waals surface area (Å²) in [6.45, 7) is 5.32. The van der Waals surface area contributed by atoms with E-state index in [4.69, 9.17) is 4.74 Å². The van der Waals surface area contributed by atoms with Gasteiger partial charge in [0.25, 0.3) is 5.91 Å². The van der Waals surface area contributed by atoms with Crippen LogP contribution >= 0.6 is 0 Å². The average Bonchev–Trinajstić information content (AvgIpc) is 3.36. The van der Waals surface area contributed by atoms with Crippen molar-refractivity contribution in [3.05, 3.63) is 102 Å². The van der Waals surface area contributed by atoms with Gasteiger partial charge in [-0.3, -0.25) is 14.5 Å². The van der Waals surface area contributed by atoms with Gasteiger partial charge >= 0.3 is 0 Å². The lowest BCUT2D eigenvalue weighted by Crippen LogP contribution is -2.67. The summed E-state index contributed by atoms with van der Waals surface area (Å²) in [5.74, 6) is 0.509. The molecule has 0 radical (unpaired) electrons. The highest BCUT2D eigenvalue weighted by atomic mass is 16.5. The first-order valence-electron chi connectivity index (χ1n) is 14.1. The Balaban J connectivity index is 1.28. The van der Waals surface area contributed by atoms with Crippen LogP contribution in [0.25, 0.3) is 10.9 Å². The lowest BCUT2D eigenvalue weighted by Gasteiger charge is -2.50. The number of carbonyl (C=O) groups excluding carboxylic acids is 2. The topological polar surface area (TPSA) is 66.8 Å². The Labute approximate surface area is 235 Å². The number of methoxy groups -OCH3 is 1. The van der Waals surface area contributed by atoms with Gasteiger partial charge in [0.05, 0.1) is 13.7 Å². The maximum absolute atomic E-state index is 14.2. The molecule has 1 fully saturated rings. The van der Waals surface area contributed by atoms with Crippen LogP contribution in [0.15, 0.2) is 84.9 Å². The molecule has 6 rings (SSSR count). The molecular weight excluding hydrogens is 500 g/mol. The van der Waals surface area contributed by atoms with Crippen molar-refractivity contribution in [3.63, 3.8) is 0 Å². The van der Waals surface area contributed by atoms with E-state index in [1.165, 1.54) is 5.56 Å². The van der Waals surface area contributed by atoms with E-state index in [1.807, 2.05) is 77.1 Å². The van der Waals surface area contributed by atoms with E-state index in [0.29, 0.717) is 18.8 Å². The number of carbonyl (C=O) groups is 2. The van der Waals surface area contributed by atoms with Crippen LogP contribution in [0.4, 0.5) is 0 Å². The van der Waals surface area contributed by atoms with Crippen LogP contribution in [0.3, 0.4) is 0 Å². The van der Waals surface area contributed by atoms with E-state index in [0.717, 1.165) is 54.7 Å². The van der Waals surface area contributed by atoms with E-state index in [2.05, 4.69) is 34.5 Å². The Morgan fingerprint density at radius 2 is 1.68 bits per heavy atom. The summed E-state index contributed by atoms with van der Waals surface area (Å²) >= 11 is 0. The molecule has 2 aliphatic rings. The molecule has 7 nitrogen and oxygen atoms in total. The molecule has 0 saturated carbocycles. The molecule has 1 N–H and O–H groups in total. The Morgan fingerprint density at radius 1 is 0.975 bits per heavy atom. The van der Waals surface area contributed by atoms with E-state index >= 15 is 0 Å². The van der Waals surface area contributed by atoms with Gasteiger partial charge in [0, 0.05) is 48.7 Å². The van der Waals surface area contributed by atoms with Crippen molar-refractivity contribution in [2.45, 2.75) is 51.0 Å². The molecule has 2 aliphatic heterocycles. The molecule has 2 amide bonds. The number of fused-ring (bicyclic) bond motifs is 3. The van der Waals surface area contributed by atoms with E-state index in [-0.39, 0.29) is 17.9 Å². The lowest BCUT2D eigenvalue weighted by atomic mass is 9.89. The second-order valence-electron chi connectivity index (χ2n) is 11.1. The summed E-state index contributed by atoms with van der Waals surface area (Å²) in [5.41, 5.74) is 2.78. The molecule has 0 bridgehead atoms. The Bertz CT molecular complexity index is 1520. The van der Waals surface area contributed by atoms with Crippen molar-refractivity contribution in [2.24, 2.45) is 0 Å². The molecule has 4 aromatic rings. The Morgan fingerprint density at radius 3 is 2.45 bits per heavy atom. The van der Waals surface area contributed by atoms with Gasteiger partial charge in [-0.1, -0.05) is 66.7 Å². The third kappa shape index (κ3) is 4.75. The molecule has 1 aromatic heterocycles. The van der Waals surface area contributed by atoms with Crippen LogP contribution < -0.4 is 10.1 Å². The quantitative estimate of drug-likeness (QED) is 0.367. The van der Waals surface area contributed by atoms with Crippen LogP contribution in [0.2, 0.25) is 0 Å². The molecule has 0 spiro atoms. The first-order chi connectivity index (χ1) is 19.5. The molecule has 7 heteroatoms. The van der Waals surface area contributed by atoms with Gasteiger partial charge in [0.15, 0.2) is 0 Å². The molecule has 3 aromatic carbocycles. The zero-order valence-corrected chi connectivity index (χ0v) is 23.2. The van der Waals surface area contributed by atoms with Gasteiger partial charge in [-0.15, -0.1) is 0 Å². The minimum absolute atomic E-state index is 0.0201. The lowest BCUT2D eigenvalue weighted by molar-refractivity contribution is -0.135. The number of rotatable bonds is 7. The average molecular weight is 537 g/mol. The number of piperidine rings is 1. The first kappa shape index (κ1) is 26.1. The number of hydrogen-bond donors (Lipinski definition) is 1. The summed E-state index contributed by atoms with van der Waals surface area (Å²) in [5, 5.41) is 4.17. The molecule has 40 heavy (non-hydrogen) atoms. The Kier molecular flexibility index (Phi) is 7.07. The number of aromatic nitrogens is 1. The minimum Gasteiger partial charge on any atom is -0.496 e. The number of ether oxygens (including phenoxy) is 1. The van der Waals surface area contributed by atoms with Crippen molar-refractivity contribution in [1.29, 1.82) is 0 Å². The van der Waals surface area contributed by atoms with E-state index < -0.39 is 5.54 Å². The number of hydrogen-bond acceptors (Lipinski definition) is 4. The molecule has 1 saturated heterocycles. The third-order valence-electron chi connectivity index (χ3n) is 8.54. The van der Waals surface area contributed by atoms with Crippen LogP contribution in [0, 0.1) is 0 Å². The molecular formula is C33H36N4O3. The fourth-order valence-corrected chi connectivity index (χ4v) is 6.43. The zero-order chi connectivity index (χ0) is 27.7. The third-order valence-corrected chi connectivity index (χ3v) is 8.54. The molecule has 0 unspecified atom stereocenters. The minimum atomic E-state index is -1.04. The second-order valence-corrected chi connectivity index (χ2v) is 11.1. The highest BCUT2D eigenvalue weighted by molar-refractivity contribution is 6.03. The predicted octanol–water partition coefficient (Wildman–Crippen LogP) is 4.85. The van der Waals surface area contributed by atoms with Gasteiger partial charge in [0.2, 0.25) is 5.91 Å². The van der Waals surface area contributed by atoms with Crippen molar-refractivity contribution in [2.75, 3.05) is 20.2 Å². The van der Waals surface area contributed by atoms with Gasteiger partial charge < -0.3 is 19.5 Å². The molecule has 3 heterocycles. The van der Waals surface area contributed by atoms with Crippen molar-refractivity contribution < 1.29 is 14.3 Å². The van der Waals surface area contributed by atoms with Gasteiger partial charge in [0.1, 0.15) is 17.0 Å². The van der Waals surface area contributed by atoms with E-state index in [1.54, 1.807) is 7.11 Å². The zero-order valence-electron chi connectivity index (χ0n) is 23.2. The highest BCUT2D eigenvalue weighted by Gasteiger charge is 2.50.